The van der Waals surface area contributed by atoms with Gasteiger partial charge in [0.05, 0.1) is 5.52 Å². The number of nitrogens with one attached hydrogen (secondary N) is 2. The van der Waals surface area contributed by atoms with Gasteiger partial charge in [-0.2, -0.15) is 4.98 Å². The Balaban J connectivity index is 1.24. The first-order valence-electron chi connectivity index (χ1n) is 10.5. The summed E-state index contributed by atoms with van der Waals surface area (Å²) in [6, 6.07) is 18.0. The van der Waals surface area contributed by atoms with Crippen molar-refractivity contribution in [2.45, 2.75) is 19.4 Å². The van der Waals surface area contributed by atoms with Crippen LogP contribution in [0.15, 0.2) is 67.0 Å². The minimum absolute atomic E-state index is 0.685. The van der Waals surface area contributed by atoms with E-state index in [1.165, 1.54) is 18.4 Å². The molecule has 0 aliphatic carbocycles. The molecule has 2 aromatic carbocycles. The smallest absolute Gasteiger partial charge is 0.227 e. The standard InChI is InChI=1S/C24H23ClN6/c25-18-5-8-20-21(9-11-26-22(20)15-18)29-19-6-3-17(4-7-19)16-28-23-10-12-27-24(30-23)31-13-1-2-14-31/h3-12,15H,1-2,13-14,16H2,(H,26,29)(H,27,28,30). The molecule has 2 N–H and O–H groups in total. The summed E-state index contributed by atoms with van der Waals surface area (Å²) in [7, 11) is 0. The number of anilines is 4. The molecule has 3 heterocycles. The summed E-state index contributed by atoms with van der Waals surface area (Å²) in [6.45, 7) is 2.78. The molecule has 0 bridgehead atoms. The van der Waals surface area contributed by atoms with Crippen LogP contribution >= 0.6 is 11.6 Å². The fourth-order valence-electron chi connectivity index (χ4n) is 3.80. The molecular weight excluding hydrogens is 408 g/mol. The SMILES string of the molecule is Clc1ccc2c(Nc3ccc(CNc4ccnc(N5CCCC5)n4)cc3)ccnc2c1. The third kappa shape index (κ3) is 4.54. The Morgan fingerprint density at radius 1 is 0.903 bits per heavy atom. The van der Waals surface area contributed by atoms with Gasteiger partial charge < -0.3 is 15.5 Å². The van der Waals surface area contributed by atoms with Gasteiger partial charge in [-0.15, -0.1) is 0 Å². The highest BCUT2D eigenvalue weighted by atomic mass is 35.5. The van der Waals surface area contributed by atoms with Gasteiger partial charge in [0.15, 0.2) is 0 Å². The fourth-order valence-corrected chi connectivity index (χ4v) is 3.97. The number of hydrogen-bond donors (Lipinski definition) is 2. The summed E-state index contributed by atoms with van der Waals surface area (Å²) >= 11 is 6.09. The Bertz CT molecular complexity index is 1190. The summed E-state index contributed by atoms with van der Waals surface area (Å²) < 4.78 is 0. The van der Waals surface area contributed by atoms with E-state index in [2.05, 4.69) is 54.8 Å². The molecule has 1 fully saturated rings. The number of aromatic nitrogens is 3. The molecule has 1 saturated heterocycles. The van der Waals surface area contributed by atoms with E-state index in [1.807, 2.05) is 36.5 Å². The van der Waals surface area contributed by atoms with Crippen molar-refractivity contribution >= 4 is 45.6 Å². The minimum atomic E-state index is 0.685. The van der Waals surface area contributed by atoms with Crippen LogP contribution in [-0.2, 0) is 6.54 Å². The normalized spacial score (nSPS) is 13.5. The van der Waals surface area contributed by atoms with E-state index in [0.29, 0.717) is 11.6 Å². The second-order valence-corrected chi connectivity index (χ2v) is 8.07. The summed E-state index contributed by atoms with van der Waals surface area (Å²) in [4.78, 5) is 15.7. The highest BCUT2D eigenvalue weighted by molar-refractivity contribution is 6.31. The van der Waals surface area contributed by atoms with Crippen LogP contribution in [0, 0.1) is 0 Å². The van der Waals surface area contributed by atoms with E-state index in [-0.39, 0.29) is 0 Å². The zero-order valence-corrected chi connectivity index (χ0v) is 17.8. The van der Waals surface area contributed by atoms with E-state index in [0.717, 1.165) is 47.1 Å². The second kappa shape index (κ2) is 8.78. The van der Waals surface area contributed by atoms with E-state index in [9.17, 15) is 0 Å². The highest BCUT2D eigenvalue weighted by Crippen LogP contribution is 2.27. The summed E-state index contributed by atoms with van der Waals surface area (Å²) in [5.74, 6) is 1.66. The molecule has 0 atom stereocenters. The van der Waals surface area contributed by atoms with Crippen LogP contribution in [0.25, 0.3) is 10.9 Å². The molecule has 156 valence electrons. The van der Waals surface area contributed by atoms with Gasteiger partial charge in [-0.1, -0.05) is 23.7 Å². The zero-order valence-electron chi connectivity index (χ0n) is 17.1. The summed E-state index contributed by atoms with van der Waals surface area (Å²) in [5, 5.41) is 8.60. The maximum absolute atomic E-state index is 6.09. The third-order valence-corrected chi connectivity index (χ3v) is 5.68. The summed E-state index contributed by atoms with van der Waals surface area (Å²) in [6.07, 6.45) is 6.04. The number of rotatable bonds is 6. The Kier molecular flexibility index (Phi) is 5.54. The number of fused-ring (bicyclic) bond motifs is 1. The lowest BCUT2D eigenvalue weighted by atomic mass is 10.1. The Morgan fingerprint density at radius 2 is 1.71 bits per heavy atom. The van der Waals surface area contributed by atoms with Crippen LogP contribution in [0.4, 0.5) is 23.1 Å². The molecule has 2 aromatic heterocycles. The molecule has 7 heteroatoms. The van der Waals surface area contributed by atoms with Crippen LogP contribution in [0.5, 0.6) is 0 Å². The monoisotopic (exact) mass is 430 g/mol. The van der Waals surface area contributed by atoms with Gasteiger partial charge in [0, 0.05) is 53.8 Å². The molecule has 0 amide bonds. The first kappa shape index (κ1) is 19.6. The van der Waals surface area contributed by atoms with E-state index in [4.69, 9.17) is 11.6 Å². The van der Waals surface area contributed by atoms with Gasteiger partial charge in [-0.3, -0.25) is 4.98 Å². The van der Waals surface area contributed by atoms with Crippen LogP contribution < -0.4 is 15.5 Å². The van der Waals surface area contributed by atoms with Gasteiger partial charge in [-0.25, -0.2) is 4.98 Å². The van der Waals surface area contributed by atoms with Crippen molar-refractivity contribution in [2.75, 3.05) is 28.6 Å². The number of benzene rings is 2. The lowest BCUT2D eigenvalue weighted by Crippen LogP contribution is -2.20. The zero-order chi connectivity index (χ0) is 21.0. The van der Waals surface area contributed by atoms with Gasteiger partial charge in [-0.05, 0) is 60.9 Å². The van der Waals surface area contributed by atoms with Gasteiger partial charge >= 0.3 is 0 Å². The average Bonchev–Trinajstić information content (AvgIpc) is 3.34. The first-order valence-corrected chi connectivity index (χ1v) is 10.8. The second-order valence-electron chi connectivity index (χ2n) is 7.63. The number of nitrogens with zero attached hydrogens (tertiary/aromatic N) is 4. The van der Waals surface area contributed by atoms with Crippen LogP contribution in [0.3, 0.4) is 0 Å². The third-order valence-electron chi connectivity index (χ3n) is 5.44. The van der Waals surface area contributed by atoms with E-state index >= 15 is 0 Å². The van der Waals surface area contributed by atoms with Crippen molar-refractivity contribution in [3.63, 3.8) is 0 Å². The van der Waals surface area contributed by atoms with Crippen LogP contribution in [0.2, 0.25) is 5.02 Å². The van der Waals surface area contributed by atoms with Crippen molar-refractivity contribution < 1.29 is 0 Å². The molecule has 5 rings (SSSR count). The Labute approximate surface area is 186 Å². The lowest BCUT2D eigenvalue weighted by Gasteiger charge is -2.15. The lowest BCUT2D eigenvalue weighted by molar-refractivity contribution is 0.896. The maximum atomic E-state index is 6.09. The van der Waals surface area contributed by atoms with Crippen molar-refractivity contribution in [1.82, 2.24) is 15.0 Å². The maximum Gasteiger partial charge on any atom is 0.227 e. The number of pyridine rings is 1. The van der Waals surface area contributed by atoms with E-state index in [1.54, 1.807) is 6.20 Å². The molecular formula is C24H23ClN6. The van der Waals surface area contributed by atoms with Crippen molar-refractivity contribution in [3.8, 4) is 0 Å². The molecule has 6 nitrogen and oxygen atoms in total. The highest BCUT2D eigenvalue weighted by Gasteiger charge is 2.14. The van der Waals surface area contributed by atoms with Crippen LogP contribution in [-0.4, -0.2) is 28.0 Å². The molecule has 0 saturated carbocycles. The first-order chi connectivity index (χ1) is 15.2. The molecule has 31 heavy (non-hydrogen) atoms. The van der Waals surface area contributed by atoms with E-state index < -0.39 is 0 Å². The topological polar surface area (TPSA) is 66.0 Å². The Hall–Kier alpha value is -3.38. The molecule has 0 radical (unpaired) electrons. The largest absolute Gasteiger partial charge is 0.366 e. The molecule has 0 spiro atoms. The summed E-state index contributed by atoms with van der Waals surface area (Å²) in [5.41, 5.74) is 4.07. The van der Waals surface area contributed by atoms with Crippen molar-refractivity contribution in [2.24, 2.45) is 0 Å². The Morgan fingerprint density at radius 3 is 2.55 bits per heavy atom. The average molecular weight is 431 g/mol. The van der Waals surface area contributed by atoms with Gasteiger partial charge in [0.25, 0.3) is 0 Å². The quantitative estimate of drug-likeness (QED) is 0.413. The van der Waals surface area contributed by atoms with Crippen molar-refractivity contribution in [3.05, 3.63) is 77.6 Å². The molecule has 0 unspecified atom stereocenters. The fraction of sp³-hybridized carbons (Fsp3) is 0.208. The molecule has 1 aliphatic heterocycles. The van der Waals surface area contributed by atoms with Crippen molar-refractivity contribution in [1.29, 1.82) is 0 Å². The minimum Gasteiger partial charge on any atom is -0.366 e. The molecule has 1 aliphatic rings. The van der Waals surface area contributed by atoms with Gasteiger partial charge in [0.1, 0.15) is 5.82 Å². The van der Waals surface area contributed by atoms with Gasteiger partial charge in [0.2, 0.25) is 5.95 Å². The predicted molar refractivity (Wildman–Crippen MR) is 127 cm³/mol. The number of hydrogen-bond acceptors (Lipinski definition) is 6. The number of halogens is 1. The van der Waals surface area contributed by atoms with Crippen LogP contribution in [0.1, 0.15) is 18.4 Å². The molecule has 4 aromatic rings. The predicted octanol–water partition coefficient (Wildman–Crippen LogP) is 5.63.